The summed E-state index contributed by atoms with van der Waals surface area (Å²) in [6.07, 6.45) is 62.0. The summed E-state index contributed by atoms with van der Waals surface area (Å²) < 4.78 is 68.4. The van der Waals surface area contributed by atoms with Crippen molar-refractivity contribution in [2.45, 2.75) is 400 Å². The van der Waals surface area contributed by atoms with Gasteiger partial charge in [0.15, 0.2) is 12.2 Å². The van der Waals surface area contributed by atoms with Crippen LogP contribution in [0, 0.1) is 5.92 Å². The molecule has 5 atom stereocenters. The van der Waals surface area contributed by atoms with E-state index in [1.54, 1.807) is 0 Å². The normalized spacial score (nSPS) is 14.1. The third kappa shape index (κ3) is 70.0. The lowest BCUT2D eigenvalue weighted by atomic mass is 10.0. The molecule has 2 unspecified atom stereocenters. The van der Waals surface area contributed by atoms with E-state index < -0.39 is 97.5 Å². The zero-order valence-electron chi connectivity index (χ0n) is 62.0. The van der Waals surface area contributed by atoms with Gasteiger partial charge in [0.25, 0.3) is 0 Å². The van der Waals surface area contributed by atoms with E-state index in [-0.39, 0.29) is 25.7 Å². The maximum absolute atomic E-state index is 13.1. The Hall–Kier alpha value is -2.46. The van der Waals surface area contributed by atoms with Gasteiger partial charge in [0, 0.05) is 25.7 Å². The van der Waals surface area contributed by atoms with Crippen LogP contribution < -0.4 is 0 Å². The topological polar surface area (TPSA) is 237 Å². The Bertz CT molecular complexity index is 1930. The first-order chi connectivity index (χ1) is 46.5. The fourth-order valence-electron chi connectivity index (χ4n) is 11.3. The molecule has 0 heterocycles. The average molecular weight is 1410 g/mol. The van der Waals surface area contributed by atoms with Crippen molar-refractivity contribution >= 4 is 39.5 Å². The number of allylic oxidation sites excluding steroid dienone is 4. The Balaban J connectivity index is 5.22. The predicted molar refractivity (Wildman–Crippen MR) is 391 cm³/mol. The number of rotatable bonds is 75. The number of hydrogen-bond acceptors (Lipinski definition) is 15. The van der Waals surface area contributed by atoms with Crippen molar-refractivity contribution in [1.29, 1.82) is 0 Å². The second kappa shape index (κ2) is 69.6. The molecule has 0 amide bonds. The summed E-state index contributed by atoms with van der Waals surface area (Å²) in [4.78, 5) is 72.7. The van der Waals surface area contributed by atoms with Gasteiger partial charge in [0.05, 0.1) is 26.4 Å². The third-order valence-electron chi connectivity index (χ3n) is 17.4. The van der Waals surface area contributed by atoms with E-state index in [4.69, 9.17) is 37.0 Å². The van der Waals surface area contributed by atoms with Crippen LogP contribution in [0.2, 0.25) is 0 Å². The number of carbonyl (C=O) groups is 4. The lowest BCUT2D eigenvalue weighted by Crippen LogP contribution is -2.30. The first kappa shape index (κ1) is 93.5. The van der Waals surface area contributed by atoms with E-state index in [2.05, 4.69) is 58.9 Å². The first-order valence-electron chi connectivity index (χ1n) is 39.5. The van der Waals surface area contributed by atoms with E-state index in [0.29, 0.717) is 25.7 Å². The van der Waals surface area contributed by atoms with Gasteiger partial charge in [-0.3, -0.25) is 37.3 Å². The molecular weight excluding hydrogens is 1260 g/mol. The van der Waals surface area contributed by atoms with Crippen molar-refractivity contribution in [3.63, 3.8) is 0 Å². The van der Waals surface area contributed by atoms with E-state index in [1.807, 2.05) is 0 Å². The molecule has 17 nitrogen and oxygen atoms in total. The van der Waals surface area contributed by atoms with Crippen LogP contribution in [0.15, 0.2) is 24.3 Å². The standard InChI is InChI=1S/C77H146O17P2/c1-6-9-12-15-18-20-22-24-26-27-28-30-34-39-43-48-53-58-63-77(82)94-73(67-88-75(80)61-56-51-46-41-37-35-31-32-36-40-45-49-54-59-70(4)5)69-92-96(85,86)90-65-71(78)64-89-95(83,84)91-68-72(66-87-74(79)60-55-50-44-17-14-11-8-3)93-76(81)62-57-52-47-42-38-33-29-25-23-21-19-16-13-10-7-2/h21,23,25,29,70-73,78H,6-20,22,24,26-28,30-69H2,1-5H3,(H,83,84)(H,85,86)/b23-21-,29-25-/t71-,72+,73+/m0/s1. The summed E-state index contributed by atoms with van der Waals surface area (Å²) in [5.74, 6) is -1.36. The van der Waals surface area contributed by atoms with Gasteiger partial charge in [-0.15, -0.1) is 0 Å². The first-order valence-corrected chi connectivity index (χ1v) is 42.4. The van der Waals surface area contributed by atoms with Gasteiger partial charge in [-0.25, -0.2) is 9.13 Å². The Labute approximate surface area is 586 Å². The van der Waals surface area contributed by atoms with Crippen LogP contribution in [0.3, 0.4) is 0 Å². The van der Waals surface area contributed by atoms with Gasteiger partial charge in [-0.2, -0.15) is 0 Å². The number of ether oxygens (including phenoxy) is 4. The molecule has 0 rings (SSSR count). The Morgan fingerprint density at radius 1 is 0.323 bits per heavy atom. The molecule has 566 valence electrons. The highest BCUT2D eigenvalue weighted by atomic mass is 31.2. The molecule has 0 fully saturated rings. The van der Waals surface area contributed by atoms with Crippen molar-refractivity contribution in [2.24, 2.45) is 5.92 Å². The Morgan fingerprint density at radius 3 is 0.854 bits per heavy atom. The molecule has 0 spiro atoms. The van der Waals surface area contributed by atoms with E-state index in [0.717, 1.165) is 121 Å². The third-order valence-corrected chi connectivity index (χ3v) is 19.3. The number of unbranched alkanes of at least 4 members (excludes halogenated alkanes) is 44. The Morgan fingerprint density at radius 2 is 0.562 bits per heavy atom. The lowest BCUT2D eigenvalue weighted by molar-refractivity contribution is -0.161. The molecule has 0 aromatic heterocycles. The van der Waals surface area contributed by atoms with Crippen molar-refractivity contribution in [1.82, 2.24) is 0 Å². The molecule has 0 saturated carbocycles. The second-order valence-corrected chi connectivity index (χ2v) is 30.4. The van der Waals surface area contributed by atoms with Crippen molar-refractivity contribution in [3.05, 3.63) is 24.3 Å². The molecule has 0 bridgehead atoms. The molecule has 0 saturated heterocycles. The monoisotopic (exact) mass is 1410 g/mol. The predicted octanol–water partition coefficient (Wildman–Crippen LogP) is 22.4. The minimum absolute atomic E-state index is 0.0849. The smallest absolute Gasteiger partial charge is 0.462 e. The minimum Gasteiger partial charge on any atom is -0.462 e. The summed E-state index contributed by atoms with van der Waals surface area (Å²) in [6.45, 7) is 7.21. The molecule has 0 radical (unpaired) electrons. The van der Waals surface area contributed by atoms with Crippen LogP contribution in [-0.4, -0.2) is 96.7 Å². The highest BCUT2D eigenvalue weighted by molar-refractivity contribution is 7.47. The minimum atomic E-state index is -4.96. The van der Waals surface area contributed by atoms with Crippen LogP contribution >= 0.6 is 15.6 Å². The van der Waals surface area contributed by atoms with Crippen molar-refractivity contribution in [3.8, 4) is 0 Å². The summed E-state index contributed by atoms with van der Waals surface area (Å²) >= 11 is 0. The van der Waals surface area contributed by atoms with Gasteiger partial charge >= 0.3 is 39.5 Å². The zero-order chi connectivity index (χ0) is 70.5. The quantitative estimate of drug-likeness (QED) is 0.0169. The summed E-state index contributed by atoms with van der Waals surface area (Å²) in [5, 5.41) is 10.6. The molecular formula is C77H146O17P2. The van der Waals surface area contributed by atoms with Gasteiger partial charge < -0.3 is 33.8 Å². The van der Waals surface area contributed by atoms with Crippen LogP contribution in [-0.2, 0) is 65.4 Å². The number of esters is 4. The molecule has 3 N–H and O–H groups in total. The van der Waals surface area contributed by atoms with Crippen molar-refractivity contribution < 1.29 is 80.2 Å². The van der Waals surface area contributed by atoms with Gasteiger partial charge in [-0.05, 0) is 57.3 Å². The molecule has 0 aliphatic rings. The van der Waals surface area contributed by atoms with E-state index in [1.165, 1.54) is 180 Å². The van der Waals surface area contributed by atoms with Crippen LogP contribution in [0.5, 0.6) is 0 Å². The van der Waals surface area contributed by atoms with Gasteiger partial charge in [0.2, 0.25) is 0 Å². The molecule has 0 aliphatic heterocycles. The SMILES string of the molecule is CCCCCC/C=C\C=C/CCCCCCCC(=O)O[C@H](COC(=O)CCCCCCCCC)COP(=O)(O)OC[C@H](O)COP(=O)(O)OC[C@@H](COC(=O)CCCCCCCCCCCCCCCC(C)C)OC(=O)CCCCCCCCCCCCCCCCCCCC. The number of aliphatic hydroxyl groups excluding tert-OH is 1. The molecule has 19 heteroatoms. The maximum Gasteiger partial charge on any atom is 0.472 e. The number of carbonyl (C=O) groups excluding carboxylic acids is 4. The fourth-order valence-corrected chi connectivity index (χ4v) is 12.9. The molecule has 0 aromatic carbocycles. The second-order valence-electron chi connectivity index (χ2n) is 27.5. The summed E-state index contributed by atoms with van der Waals surface area (Å²) in [6, 6.07) is 0. The van der Waals surface area contributed by atoms with E-state index >= 15 is 0 Å². The summed E-state index contributed by atoms with van der Waals surface area (Å²) in [7, 11) is -9.92. The number of phosphoric ester groups is 2. The number of phosphoric acid groups is 2. The number of aliphatic hydroxyl groups is 1. The summed E-state index contributed by atoms with van der Waals surface area (Å²) in [5.41, 5.74) is 0. The van der Waals surface area contributed by atoms with Gasteiger partial charge in [0.1, 0.15) is 19.3 Å². The zero-order valence-corrected chi connectivity index (χ0v) is 63.8. The highest BCUT2D eigenvalue weighted by Crippen LogP contribution is 2.45. The van der Waals surface area contributed by atoms with Gasteiger partial charge in [-0.1, -0.05) is 329 Å². The van der Waals surface area contributed by atoms with Crippen LogP contribution in [0.25, 0.3) is 0 Å². The van der Waals surface area contributed by atoms with Crippen molar-refractivity contribution in [2.75, 3.05) is 39.6 Å². The molecule has 0 aliphatic carbocycles. The molecule has 96 heavy (non-hydrogen) atoms. The van der Waals surface area contributed by atoms with Crippen LogP contribution in [0.1, 0.15) is 381 Å². The highest BCUT2D eigenvalue weighted by Gasteiger charge is 2.30. The number of hydrogen-bond donors (Lipinski definition) is 3. The lowest BCUT2D eigenvalue weighted by Gasteiger charge is -2.21. The Kier molecular flexibility index (Phi) is 67.8. The maximum atomic E-state index is 13.1. The van der Waals surface area contributed by atoms with E-state index in [9.17, 15) is 43.2 Å². The average Bonchev–Trinajstić information content (AvgIpc) is 1.18. The molecule has 0 aromatic rings. The van der Waals surface area contributed by atoms with Crippen LogP contribution in [0.4, 0.5) is 0 Å². The fraction of sp³-hybridized carbons (Fsp3) is 0.896. The largest absolute Gasteiger partial charge is 0.472 e.